The molecule has 0 saturated heterocycles. The topological polar surface area (TPSA) is 96.2 Å². The van der Waals surface area contributed by atoms with Crippen molar-refractivity contribution in [3.8, 4) is 5.75 Å². The number of nitrogens with zero attached hydrogens (tertiary/aromatic N) is 2. The van der Waals surface area contributed by atoms with Gasteiger partial charge in [-0.15, -0.1) is 6.58 Å². The van der Waals surface area contributed by atoms with Crippen LogP contribution in [0.15, 0.2) is 24.8 Å². The third-order valence-corrected chi connectivity index (χ3v) is 2.65. The molecule has 0 unspecified atom stereocenters. The van der Waals surface area contributed by atoms with Crippen LogP contribution in [0.5, 0.6) is 5.75 Å². The first-order valence-corrected chi connectivity index (χ1v) is 5.33. The molecule has 18 heavy (non-hydrogen) atoms. The summed E-state index contributed by atoms with van der Waals surface area (Å²) in [6.45, 7) is 4.17. The SMILES string of the molecule is C=CCn1c(N)nc2cc(C(N)=O)cc(OC)c21. The molecule has 6 nitrogen and oxygen atoms in total. The molecule has 1 aromatic heterocycles. The number of aromatic nitrogens is 2. The average molecular weight is 246 g/mol. The number of amides is 1. The number of nitrogen functional groups attached to an aromatic ring is 1. The molecule has 0 aliphatic heterocycles. The van der Waals surface area contributed by atoms with Crippen LogP contribution in [0, 0.1) is 0 Å². The zero-order valence-electron chi connectivity index (χ0n) is 10.0. The average Bonchev–Trinajstić information content (AvgIpc) is 2.65. The Morgan fingerprint density at radius 3 is 2.89 bits per heavy atom. The minimum Gasteiger partial charge on any atom is -0.494 e. The van der Waals surface area contributed by atoms with E-state index in [0.29, 0.717) is 29.3 Å². The van der Waals surface area contributed by atoms with Gasteiger partial charge in [0.1, 0.15) is 11.3 Å². The molecule has 1 heterocycles. The first kappa shape index (κ1) is 12.0. The Kier molecular flexibility index (Phi) is 2.93. The lowest BCUT2D eigenvalue weighted by Crippen LogP contribution is -2.11. The summed E-state index contributed by atoms with van der Waals surface area (Å²) in [5.74, 6) is 0.309. The van der Waals surface area contributed by atoms with E-state index in [9.17, 15) is 4.79 Å². The summed E-state index contributed by atoms with van der Waals surface area (Å²) in [5, 5.41) is 0. The van der Waals surface area contributed by atoms with Crippen molar-refractivity contribution in [1.29, 1.82) is 0 Å². The first-order chi connectivity index (χ1) is 8.58. The fourth-order valence-electron chi connectivity index (χ4n) is 1.86. The van der Waals surface area contributed by atoms with Crippen LogP contribution in [0.3, 0.4) is 0 Å². The number of benzene rings is 1. The van der Waals surface area contributed by atoms with Gasteiger partial charge in [-0.2, -0.15) is 0 Å². The van der Waals surface area contributed by atoms with E-state index in [-0.39, 0.29) is 0 Å². The maximum atomic E-state index is 11.2. The maximum Gasteiger partial charge on any atom is 0.248 e. The number of allylic oxidation sites excluding steroid dienone is 1. The Labute approximate surface area is 104 Å². The molecular formula is C12H14N4O2. The number of anilines is 1. The van der Waals surface area contributed by atoms with Crippen LogP contribution in [0.25, 0.3) is 11.0 Å². The largest absolute Gasteiger partial charge is 0.494 e. The Morgan fingerprint density at radius 2 is 2.33 bits per heavy atom. The second-order valence-corrected chi connectivity index (χ2v) is 3.78. The highest BCUT2D eigenvalue weighted by atomic mass is 16.5. The number of carbonyl (C=O) groups is 1. The Bertz CT molecular complexity index is 631. The number of hydrogen-bond donors (Lipinski definition) is 2. The van der Waals surface area contributed by atoms with Crippen LogP contribution in [-0.2, 0) is 6.54 Å². The highest BCUT2D eigenvalue weighted by Gasteiger charge is 2.15. The van der Waals surface area contributed by atoms with Crippen molar-refractivity contribution in [3.05, 3.63) is 30.4 Å². The molecule has 4 N–H and O–H groups in total. The number of methoxy groups -OCH3 is 1. The van der Waals surface area contributed by atoms with Gasteiger partial charge in [-0.1, -0.05) is 6.08 Å². The summed E-state index contributed by atoms with van der Waals surface area (Å²) in [6, 6.07) is 3.17. The summed E-state index contributed by atoms with van der Waals surface area (Å²) in [5.41, 5.74) is 12.7. The van der Waals surface area contributed by atoms with E-state index in [2.05, 4.69) is 11.6 Å². The van der Waals surface area contributed by atoms with E-state index in [0.717, 1.165) is 5.52 Å². The van der Waals surface area contributed by atoms with Crippen LogP contribution in [-0.4, -0.2) is 22.6 Å². The van der Waals surface area contributed by atoms with Gasteiger partial charge < -0.3 is 20.8 Å². The van der Waals surface area contributed by atoms with E-state index in [1.54, 1.807) is 22.8 Å². The van der Waals surface area contributed by atoms with Crippen molar-refractivity contribution in [2.75, 3.05) is 12.8 Å². The van der Waals surface area contributed by atoms with Gasteiger partial charge in [0.15, 0.2) is 0 Å². The molecule has 0 fully saturated rings. The molecule has 0 aliphatic carbocycles. The van der Waals surface area contributed by atoms with Gasteiger partial charge in [-0.25, -0.2) is 4.98 Å². The van der Waals surface area contributed by atoms with E-state index in [1.807, 2.05) is 0 Å². The van der Waals surface area contributed by atoms with Crippen molar-refractivity contribution < 1.29 is 9.53 Å². The molecule has 6 heteroatoms. The number of imidazole rings is 1. The summed E-state index contributed by atoms with van der Waals surface area (Å²) in [6.07, 6.45) is 1.71. The van der Waals surface area contributed by atoms with Gasteiger partial charge >= 0.3 is 0 Å². The third-order valence-electron chi connectivity index (χ3n) is 2.65. The minimum atomic E-state index is -0.535. The lowest BCUT2D eigenvalue weighted by Gasteiger charge is -2.08. The molecule has 0 radical (unpaired) electrons. The summed E-state index contributed by atoms with van der Waals surface area (Å²) >= 11 is 0. The monoisotopic (exact) mass is 246 g/mol. The third kappa shape index (κ3) is 1.77. The maximum absolute atomic E-state index is 11.2. The van der Waals surface area contributed by atoms with Gasteiger partial charge in [0.05, 0.1) is 12.6 Å². The highest BCUT2D eigenvalue weighted by molar-refractivity contribution is 5.98. The molecule has 0 bridgehead atoms. The molecule has 2 rings (SSSR count). The first-order valence-electron chi connectivity index (χ1n) is 5.33. The number of nitrogens with two attached hydrogens (primary N) is 2. The zero-order chi connectivity index (χ0) is 13.3. The smallest absolute Gasteiger partial charge is 0.248 e. The Hall–Kier alpha value is -2.50. The van der Waals surface area contributed by atoms with Crippen LogP contribution in [0.4, 0.5) is 5.95 Å². The molecule has 1 amide bonds. The lowest BCUT2D eigenvalue weighted by molar-refractivity contribution is 0.1000. The van der Waals surface area contributed by atoms with E-state index < -0.39 is 5.91 Å². The van der Waals surface area contributed by atoms with Gasteiger partial charge in [0.2, 0.25) is 11.9 Å². The normalized spacial score (nSPS) is 10.5. The second kappa shape index (κ2) is 4.40. The van der Waals surface area contributed by atoms with Crippen LogP contribution in [0.2, 0.25) is 0 Å². The zero-order valence-corrected chi connectivity index (χ0v) is 10.0. The molecule has 2 aromatic rings. The minimum absolute atomic E-state index is 0.336. The molecule has 0 aliphatic rings. The fourth-order valence-corrected chi connectivity index (χ4v) is 1.86. The van der Waals surface area contributed by atoms with Crippen LogP contribution < -0.4 is 16.2 Å². The number of ether oxygens (including phenoxy) is 1. The van der Waals surface area contributed by atoms with E-state index >= 15 is 0 Å². The van der Waals surface area contributed by atoms with Crippen molar-refractivity contribution in [1.82, 2.24) is 9.55 Å². The molecule has 1 aromatic carbocycles. The van der Waals surface area contributed by atoms with E-state index in [4.69, 9.17) is 16.2 Å². The molecule has 94 valence electrons. The molecule has 0 atom stereocenters. The summed E-state index contributed by atoms with van der Waals surface area (Å²) in [4.78, 5) is 15.4. The van der Waals surface area contributed by atoms with Crippen molar-refractivity contribution in [2.45, 2.75) is 6.54 Å². The summed E-state index contributed by atoms with van der Waals surface area (Å²) in [7, 11) is 1.51. The lowest BCUT2D eigenvalue weighted by atomic mass is 10.1. The van der Waals surface area contributed by atoms with Gasteiger partial charge in [0, 0.05) is 12.1 Å². The van der Waals surface area contributed by atoms with Gasteiger partial charge in [-0.3, -0.25) is 4.79 Å². The predicted molar refractivity (Wildman–Crippen MR) is 69.4 cm³/mol. The predicted octanol–water partition coefficient (Wildman–Crippen LogP) is 0.912. The number of fused-ring (bicyclic) bond motifs is 1. The molecule has 0 spiro atoms. The Morgan fingerprint density at radius 1 is 1.61 bits per heavy atom. The number of carbonyl (C=O) groups excluding carboxylic acids is 1. The van der Waals surface area contributed by atoms with Crippen LogP contribution in [0.1, 0.15) is 10.4 Å². The quantitative estimate of drug-likeness (QED) is 0.784. The summed E-state index contributed by atoms with van der Waals surface area (Å²) < 4.78 is 7.02. The highest BCUT2D eigenvalue weighted by Crippen LogP contribution is 2.29. The number of primary amides is 1. The fraction of sp³-hybridized carbons (Fsp3) is 0.167. The molecule has 0 saturated carbocycles. The standard InChI is InChI=1S/C12H14N4O2/c1-3-4-16-10-8(15-12(16)14)5-7(11(13)17)6-9(10)18-2/h3,5-6H,1,4H2,2H3,(H2,13,17)(H2,14,15). The number of rotatable bonds is 4. The van der Waals surface area contributed by atoms with Crippen molar-refractivity contribution in [2.24, 2.45) is 5.73 Å². The van der Waals surface area contributed by atoms with E-state index in [1.165, 1.54) is 7.11 Å². The van der Waals surface area contributed by atoms with Crippen molar-refractivity contribution >= 4 is 22.9 Å². The second-order valence-electron chi connectivity index (χ2n) is 3.78. The van der Waals surface area contributed by atoms with Crippen LogP contribution >= 0.6 is 0 Å². The van der Waals surface area contributed by atoms with Crippen molar-refractivity contribution in [3.63, 3.8) is 0 Å². The number of hydrogen-bond acceptors (Lipinski definition) is 4. The molecular weight excluding hydrogens is 232 g/mol. The van der Waals surface area contributed by atoms with Gasteiger partial charge in [-0.05, 0) is 12.1 Å². The van der Waals surface area contributed by atoms with Gasteiger partial charge in [0.25, 0.3) is 0 Å². The Balaban J connectivity index is 2.79.